The van der Waals surface area contributed by atoms with E-state index in [1.807, 2.05) is 6.92 Å². The third-order valence-electron chi connectivity index (χ3n) is 3.10. The van der Waals surface area contributed by atoms with Gasteiger partial charge in [-0.2, -0.15) is 13.2 Å². The zero-order valence-electron chi connectivity index (χ0n) is 11.0. The summed E-state index contributed by atoms with van der Waals surface area (Å²) < 4.78 is 38.5. The van der Waals surface area contributed by atoms with Crippen molar-refractivity contribution in [1.82, 2.24) is 5.32 Å². The minimum atomic E-state index is -4.51. The molecule has 21 heavy (non-hydrogen) atoms. The van der Waals surface area contributed by atoms with Crippen LogP contribution in [0, 0.1) is 0 Å². The first-order chi connectivity index (χ1) is 9.69. The van der Waals surface area contributed by atoms with Gasteiger partial charge in [-0.25, -0.2) is 0 Å². The normalized spacial score (nSPS) is 12.3. The first kappa shape index (κ1) is 19.0. The Labute approximate surface area is 146 Å². The number of halogens is 6. The zero-order chi connectivity index (χ0) is 16.3. The molecule has 0 aliphatic rings. The molecule has 0 aliphatic carbocycles. The first-order valence-corrected chi connectivity index (χ1v) is 9.04. The molecule has 8 heteroatoms. The van der Waals surface area contributed by atoms with Crippen molar-refractivity contribution >= 4 is 53.7 Å². The molecule has 0 spiro atoms. The van der Waals surface area contributed by atoms with Crippen molar-refractivity contribution in [3.05, 3.63) is 33.8 Å². The van der Waals surface area contributed by atoms with Crippen LogP contribution in [0.1, 0.15) is 29.3 Å². The van der Waals surface area contributed by atoms with Crippen LogP contribution < -0.4 is 5.32 Å². The maximum absolute atomic E-state index is 12.9. The highest BCUT2D eigenvalue weighted by atomic mass is 79.9. The summed E-state index contributed by atoms with van der Waals surface area (Å²) in [6, 6.07) is 3.44. The number of benzene rings is 1. The van der Waals surface area contributed by atoms with E-state index >= 15 is 0 Å². The smallest absolute Gasteiger partial charge is 0.345 e. The van der Waals surface area contributed by atoms with Gasteiger partial charge >= 0.3 is 6.18 Å². The van der Waals surface area contributed by atoms with Gasteiger partial charge in [0, 0.05) is 20.7 Å². The van der Waals surface area contributed by atoms with Crippen LogP contribution in [0.4, 0.5) is 13.2 Å². The van der Waals surface area contributed by atoms with Gasteiger partial charge in [0.15, 0.2) is 0 Å². The number of amides is 1. The lowest BCUT2D eigenvalue weighted by molar-refractivity contribution is -0.138. The highest BCUT2D eigenvalue weighted by Crippen LogP contribution is 2.35. The van der Waals surface area contributed by atoms with Crippen molar-refractivity contribution in [1.29, 1.82) is 0 Å². The molecule has 0 unspecified atom stereocenters. The van der Waals surface area contributed by atoms with E-state index in [1.54, 1.807) is 0 Å². The third kappa shape index (κ3) is 4.69. The van der Waals surface area contributed by atoms with Crippen molar-refractivity contribution in [3.63, 3.8) is 0 Å². The van der Waals surface area contributed by atoms with Gasteiger partial charge in [-0.05, 0) is 24.6 Å². The van der Waals surface area contributed by atoms with Crippen LogP contribution in [0.5, 0.6) is 0 Å². The van der Waals surface area contributed by atoms with E-state index in [9.17, 15) is 18.0 Å². The number of carbonyl (C=O) groups is 1. The second-order valence-corrected chi connectivity index (χ2v) is 6.52. The molecule has 0 aliphatic heterocycles. The fourth-order valence-corrected chi connectivity index (χ4v) is 4.05. The Balaban J connectivity index is 3.09. The molecule has 1 amide bonds. The van der Waals surface area contributed by atoms with E-state index in [2.05, 4.69) is 53.1 Å². The van der Waals surface area contributed by atoms with Gasteiger partial charge in [-0.15, -0.1) is 0 Å². The Morgan fingerprint density at radius 3 is 2.24 bits per heavy atom. The first-order valence-electron chi connectivity index (χ1n) is 6.00. The molecule has 0 saturated heterocycles. The summed E-state index contributed by atoms with van der Waals surface area (Å²) in [5, 5.41) is 3.77. The molecular weight excluding hydrogens is 483 g/mol. The third-order valence-corrected chi connectivity index (χ3v) is 5.94. The summed E-state index contributed by atoms with van der Waals surface area (Å²) in [5.74, 6) is -0.534. The lowest BCUT2D eigenvalue weighted by Gasteiger charge is -2.30. The van der Waals surface area contributed by atoms with E-state index in [0.29, 0.717) is 17.1 Å². The van der Waals surface area contributed by atoms with Crippen molar-refractivity contribution in [2.45, 2.75) is 25.1 Å². The molecular formula is C13H13Br3F3NO. The fraction of sp³-hybridized carbons (Fsp3) is 0.462. The highest BCUT2D eigenvalue weighted by Gasteiger charge is 2.34. The number of rotatable bonds is 5. The second kappa shape index (κ2) is 7.46. The number of hydrogen-bond donors (Lipinski definition) is 1. The summed E-state index contributed by atoms with van der Waals surface area (Å²) in [7, 11) is 0. The van der Waals surface area contributed by atoms with Crippen LogP contribution in [0.2, 0.25) is 0 Å². The molecule has 0 atom stereocenters. The van der Waals surface area contributed by atoms with Crippen LogP contribution in [0.3, 0.4) is 0 Å². The predicted molar refractivity (Wildman–Crippen MR) is 87.2 cm³/mol. The second-order valence-electron chi connectivity index (χ2n) is 4.55. The predicted octanol–water partition coefficient (Wildman–Crippen LogP) is 5.14. The largest absolute Gasteiger partial charge is 0.417 e. The van der Waals surface area contributed by atoms with Gasteiger partial charge in [0.2, 0.25) is 0 Å². The van der Waals surface area contributed by atoms with Crippen LogP contribution in [0.15, 0.2) is 22.7 Å². The Morgan fingerprint density at radius 2 is 1.81 bits per heavy atom. The molecule has 0 heterocycles. The molecule has 0 aromatic heterocycles. The maximum atomic E-state index is 12.9. The Hall–Kier alpha value is -0.0800. The van der Waals surface area contributed by atoms with E-state index in [-0.39, 0.29) is 10.0 Å². The summed E-state index contributed by atoms with van der Waals surface area (Å²) in [5.41, 5.74) is -1.43. The molecule has 0 radical (unpaired) electrons. The molecule has 0 saturated carbocycles. The van der Waals surface area contributed by atoms with E-state index in [4.69, 9.17) is 0 Å². The molecule has 118 valence electrons. The van der Waals surface area contributed by atoms with Crippen molar-refractivity contribution in [3.8, 4) is 0 Å². The standard InChI is InChI=1S/C13H13Br3F3NO/c1-2-12(6-14,7-15)20-11(21)8-3-4-10(16)9(5-8)13(17,18)19/h3-5H,2,6-7H2,1H3,(H,20,21). The minimum absolute atomic E-state index is 0.0229. The lowest BCUT2D eigenvalue weighted by atomic mass is 10.0. The number of nitrogens with one attached hydrogen (secondary N) is 1. The summed E-state index contributed by atoms with van der Waals surface area (Å²) in [6.07, 6.45) is -3.88. The number of alkyl halides is 5. The maximum Gasteiger partial charge on any atom is 0.417 e. The van der Waals surface area contributed by atoms with Gasteiger partial charge in [0.05, 0.1) is 11.1 Å². The molecule has 1 N–H and O–H groups in total. The molecule has 2 nitrogen and oxygen atoms in total. The summed E-state index contributed by atoms with van der Waals surface area (Å²) in [4.78, 5) is 12.2. The topological polar surface area (TPSA) is 29.1 Å². The van der Waals surface area contributed by atoms with E-state index in [0.717, 1.165) is 6.07 Å². The fourth-order valence-electron chi connectivity index (χ4n) is 1.58. The van der Waals surface area contributed by atoms with Gasteiger partial charge in [0.1, 0.15) is 0 Å². The minimum Gasteiger partial charge on any atom is -0.345 e. The van der Waals surface area contributed by atoms with Crippen molar-refractivity contribution in [2.24, 2.45) is 0 Å². The molecule has 1 aromatic carbocycles. The van der Waals surface area contributed by atoms with Crippen LogP contribution >= 0.6 is 47.8 Å². The summed E-state index contributed by atoms with van der Waals surface area (Å²) in [6.45, 7) is 1.89. The zero-order valence-corrected chi connectivity index (χ0v) is 15.8. The molecule has 0 bridgehead atoms. The van der Waals surface area contributed by atoms with Gasteiger partial charge in [-0.3, -0.25) is 4.79 Å². The molecule has 1 aromatic rings. The Morgan fingerprint density at radius 1 is 1.24 bits per heavy atom. The van der Waals surface area contributed by atoms with E-state index < -0.39 is 23.2 Å². The average molecular weight is 496 g/mol. The van der Waals surface area contributed by atoms with Crippen LogP contribution in [0.25, 0.3) is 0 Å². The summed E-state index contributed by atoms with van der Waals surface area (Å²) >= 11 is 9.49. The average Bonchev–Trinajstić information content (AvgIpc) is 2.44. The highest BCUT2D eigenvalue weighted by molar-refractivity contribution is 9.10. The quantitative estimate of drug-likeness (QED) is 0.563. The molecule has 0 fully saturated rings. The van der Waals surface area contributed by atoms with Crippen LogP contribution in [-0.2, 0) is 6.18 Å². The van der Waals surface area contributed by atoms with Gasteiger partial charge < -0.3 is 5.32 Å². The Kier molecular flexibility index (Phi) is 6.74. The number of hydrogen-bond acceptors (Lipinski definition) is 1. The van der Waals surface area contributed by atoms with Crippen LogP contribution in [-0.4, -0.2) is 22.1 Å². The lowest BCUT2D eigenvalue weighted by Crippen LogP contribution is -2.51. The van der Waals surface area contributed by atoms with E-state index in [1.165, 1.54) is 12.1 Å². The van der Waals surface area contributed by atoms with Gasteiger partial charge in [-0.1, -0.05) is 54.7 Å². The SMILES string of the molecule is CCC(CBr)(CBr)NC(=O)c1ccc(Br)c(C(F)(F)F)c1. The van der Waals surface area contributed by atoms with Crippen molar-refractivity contribution in [2.75, 3.05) is 10.7 Å². The number of carbonyl (C=O) groups excluding carboxylic acids is 1. The van der Waals surface area contributed by atoms with Crippen molar-refractivity contribution < 1.29 is 18.0 Å². The van der Waals surface area contributed by atoms with Gasteiger partial charge in [0.25, 0.3) is 5.91 Å². The molecule has 1 rings (SSSR count). The monoisotopic (exact) mass is 493 g/mol. The Bertz CT molecular complexity index is 508.